The number of benzene rings is 4. The minimum absolute atomic E-state index is 0.0670. The van der Waals surface area contributed by atoms with Crippen molar-refractivity contribution in [3.05, 3.63) is 142 Å². The second-order valence-corrected chi connectivity index (χ2v) is 9.97. The molecule has 1 atom stereocenters. The summed E-state index contributed by atoms with van der Waals surface area (Å²) in [5.41, 5.74) is 7.42. The van der Waals surface area contributed by atoms with Crippen molar-refractivity contribution in [1.29, 1.82) is 0 Å². The minimum Gasteiger partial charge on any atom is -0.489 e. The number of aryl methyl sites for hydroxylation is 1. The fourth-order valence-electron chi connectivity index (χ4n) is 4.91. The highest BCUT2D eigenvalue weighted by Crippen LogP contribution is 2.44. The molecule has 188 valence electrons. The van der Waals surface area contributed by atoms with Gasteiger partial charge in [0.1, 0.15) is 18.1 Å². The number of carbonyl (C=O) groups is 1. The van der Waals surface area contributed by atoms with E-state index in [0.29, 0.717) is 23.9 Å². The van der Waals surface area contributed by atoms with Crippen molar-refractivity contribution in [2.75, 3.05) is 0 Å². The Kier molecular flexibility index (Phi) is 6.44. The fraction of sp³-hybridized carbons (Fsp3) is 0.125. The first-order valence-corrected chi connectivity index (χ1v) is 12.9. The number of H-pyrrole nitrogens is 1. The summed E-state index contributed by atoms with van der Waals surface area (Å²) in [6.45, 7) is 3.04. The molecule has 0 saturated carbocycles. The molecule has 5 nitrogen and oxygen atoms in total. The summed E-state index contributed by atoms with van der Waals surface area (Å²) in [6, 6.07) is 33.6. The van der Waals surface area contributed by atoms with Crippen molar-refractivity contribution >= 4 is 17.5 Å². The Morgan fingerprint density at radius 3 is 2.29 bits per heavy atom. The van der Waals surface area contributed by atoms with E-state index in [9.17, 15) is 4.79 Å². The first kappa shape index (κ1) is 24.0. The number of aromatic nitrogens is 2. The monoisotopic (exact) mass is 519 g/mol. The van der Waals surface area contributed by atoms with Gasteiger partial charge < -0.3 is 9.64 Å². The van der Waals surface area contributed by atoms with Crippen molar-refractivity contribution in [3.63, 3.8) is 0 Å². The van der Waals surface area contributed by atoms with E-state index in [1.165, 1.54) is 5.56 Å². The number of amides is 1. The van der Waals surface area contributed by atoms with Gasteiger partial charge in [-0.3, -0.25) is 9.89 Å². The molecule has 1 N–H and O–H groups in total. The van der Waals surface area contributed by atoms with Gasteiger partial charge in [0, 0.05) is 22.7 Å². The van der Waals surface area contributed by atoms with Gasteiger partial charge in [-0.25, -0.2) is 0 Å². The van der Waals surface area contributed by atoms with Crippen LogP contribution in [0, 0.1) is 6.92 Å². The van der Waals surface area contributed by atoms with E-state index in [-0.39, 0.29) is 11.9 Å². The summed E-state index contributed by atoms with van der Waals surface area (Å²) < 4.78 is 6.01. The fourth-order valence-corrected chi connectivity index (χ4v) is 5.04. The molecule has 0 bridgehead atoms. The van der Waals surface area contributed by atoms with Crippen LogP contribution in [0.5, 0.6) is 5.75 Å². The zero-order valence-corrected chi connectivity index (χ0v) is 21.7. The van der Waals surface area contributed by atoms with Gasteiger partial charge >= 0.3 is 0 Å². The second-order valence-electron chi connectivity index (χ2n) is 9.53. The molecule has 0 aliphatic carbocycles. The normalized spacial score (nSPS) is 14.5. The Morgan fingerprint density at radius 1 is 0.868 bits per heavy atom. The summed E-state index contributed by atoms with van der Waals surface area (Å²) in [5.74, 6) is 0.708. The molecule has 1 amide bonds. The zero-order valence-electron chi connectivity index (χ0n) is 20.9. The summed E-state index contributed by atoms with van der Waals surface area (Å²) in [5, 5.41) is 8.24. The third kappa shape index (κ3) is 4.69. The molecule has 6 heteroatoms. The number of rotatable bonds is 7. The topological polar surface area (TPSA) is 58.2 Å². The average molecular weight is 520 g/mol. The van der Waals surface area contributed by atoms with Crippen LogP contribution in [0.2, 0.25) is 5.02 Å². The lowest BCUT2D eigenvalue weighted by Crippen LogP contribution is -2.29. The van der Waals surface area contributed by atoms with Crippen LogP contribution in [-0.4, -0.2) is 21.0 Å². The largest absolute Gasteiger partial charge is 0.489 e. The average Bonchev–Trinajstić information content (AvgIpc) is 3.49. The first-order chi connectivity index (χ1) is 18.6. The van der Waals surface area contributed by atoms with E-state index in [0.717, 1.165) is 39.3 Å². The van der Waals surface area contributed by atoms with Gasteiger partial charge in [-0.15, -0.1) is 0 Å². The third-order valence-electron chi connectivity index (χ3n) is 6.90. The smallest absolute Gasteiger partial charge is 0.273 e. The quantitative estimate of drug-likeness (QED) is 0.244. The van der Waals surface area contributed by atoms with Crippen LogP contribution in [-0.2, 0) is 13.2 Å². The van der Waals surface area contributed by atoms with E-state index in [2.05, 4.69) is 41.4 Å². The zero-order chi connectivity index (χ0) is 26.1. The summed E-state index contributed by atoms with van der Waals surface area (Å²) in [4.78, 5) is 15.6. The molecule has 1 aromatic heterocycles. The molecule has 38 heavy (non-hydrogen) atoms. The predicted molar refractivity (Wildman–Crippen MR) is 149 cm³/mol. The number of nitrogens with one attached hydrogen (secondary N) is 1. The van der Waals surface area contributed by atoms with E-state index in [4.69, 9.17) is 16.3 Å². The highest BCUT2D eigenvalue weighted by Gasteiger charge is 2.42. The SMILES string of the molecule is Cc1ccc(CN2C(=O)c3[nH]nc(-c4ccc(Cl)cc4)c3C2c2ccc(OCc3ccccc3)cc2)cc1. The molecule has 1 aliphatic heterocycles. The molecule has 0 fully saturated rings. The molecule has 2 heterocycles. The number of hydrogen-bond donors (Lipinski definition) is 1. The maximum atomic E-state index is 13.7. The van der Waals surface area contributed by atoms with Gasteiger partial charge in [0.2, 0.25) is 0 Å². The summed E-state index contributed by atoms with van der Waals surface area (Å²) in [6.07, 6.45) is 0. The number of fused-ring (bicyclic) bond motifs is 1. The molecule has 0 saturated heterocycles. The Balaban J connectivity index is 1.36. The van der Waals surface area contributed by atoms with Crippen molar-refractivity contribution in [2.45, 2.75) is 26.1 Å². The Labute approximate surface area is 226 Å². The molecular weight excluding hydrogens is 494 g/mol. The van der Waals surface area contributed by atoms with Crippen LogP contribution in [0.25, 0.3) is 11.3 Å². The lowest BCUT2D eigenvalue weighted by molar-refractivity contribution is 0.0730. The Bertz CT molecular complexity index is 1560. The van der Waals surface area contributed by atoms with Gasteiger partial charge in [-0.05, 0) is 47.9 Å². The van der Waals surface area contributed by atoms with Crippen LogP contribution in [0.3, 0.4) is 0 Å². The van der Waals surface area contributed by atoms with Crippen LogP contribution in [0.15, 0.2) is 103 Å². The number of carbonyl (C=O) groups excluding carboxylic acids is 1. The molecule has 0 spiro atoms. The van der Waals surface area contributed by atoms with Gasteiger partial charge in [0.25, 0.3) is 5.91 Å². The number of aromatic amines is 1. The molecule has 5 aromatic rings. The van der Waals surface area contributed by atoms with Crippen LogP contribution in [0.1, 0.15) is 44.3 Å². The van der Waals surface area contributed by atoms with Crippen LogP contribution < -0.4 is 4.74 Å². The molecule has 6 rings (SSSR count). The minimum atomic E-state index is -0.300. The third-order valence-corrected chi connectivity index (χ3v) is 7.15. The number of ether oxygens (including phenoxy) is 1. The lowest BCUT2D eigenvalue weighted by Gasteiger charge is -2.27. The van der Waals surface area contributed by atoms with Crippen molar-refractivity contribution in [2.24, 2.45) is 0 Å². The second kappa shape index (κ2) is 10.2. The number of halogens is 1. The lowest BCUT2D eigenvalue weighted by atomic mass is 9.96. The molecule has 1 unspecified atom stereocenters. The molecule has 0 radical (unpaired) electrons. The Morgan fingerprint density at radius 2 is 1.58 bits per heavy atom. The highest BCUT2D eigenvalue weighted by molar-refractivity contribution is 6.30. The maximum Gasteiger partial charge on any atom is 0.273 e. The van der Waals surface area contributed by atoms with Gasteiger partial charge in [0.15, 0.2) is 0 Å². The van der Waals surface area contributed by atoms with E-state index >= 15 is 0 Å². The predicted octanol–water partition coefficient (Wildman–Crippen LogP) is 7.36. The summed E-state index contributed by atoms with van der Waals surface area (Å²) in [7, 11) is 0. The van der Waals surface area contributed by atoms with Crippen molar-refractivity contribution in [1.82, 2.24) is 15.1 Å². The van der Waals surface area contributed by atoms with Crippen molar-refractivity contribution in [3.8, 4) is 17.0 Å². The first-order valence-electron chi connectivity index (χ1n) is 12.5. The molecular formula is C32H26ClN3O2. The van der Waals surface area contributed by atoms with Crippen molar-refractivity contribution < 1.29 is 9.53 Å². The van der Waals surface area contributed by atoms with E-state index < -0.39 is 0 Å². The molecule has 1 aliphatic rings. The van der Waals surface area contributed by atoms with Gasteiger partial charge in [-0.2, -0.15) is 5.10 Å². The standard InChI is InChI=1S/C32H26ClN3O2/c1-21-7-9-22(10-8-21)19-36-31(25-13-17-27(18-14-25)38-20-23-5-3-2-4-6-23)28-29(34-35-30(28)32(36)37)24-11-15-26(33)16-12-24/h2-18,31H,19-20H2,1H3,(H,34,35). The molecule has 4 aromatic carbocycles. The van der Waals surface area contributed by atoms with Crippen LogP contribution >= 0.6 is 11.6 Å². The number of hydrogen-bond acceptors (Lipinski definition) is 3. The van der Waals surface area contributed by atoms with Gasteiger partial charge in [0.05, 0.1) is 11.7 Å². The highest BCUT2D eigenvalue weighted by atomic mass is 35.5. The number of nitrogens with zero attached hydrogens (tertiary/aromatic N) is 2. The van der Waals surface area contributed by atoms with Crippen LogP contribution in [0.4, 0.5) is 0 Å². The Hall–Kier alpha value is -4.35. The van der Waals surface area contributed by atoms with Gasteiger partial charge in [-0.1, -0.05) is 96.0 Å². The van der Waals surface area contributed by atoms with E-state index in [1.807, 2.05) is 83.8 Å². The summed E-state index contributed by atoms with van der Waals surface area (Å²) >= 11 is 6.14. The maximum absolute atomic E-state index is 13.7. The van der Waals surface area contributed by atoms with E-state index in [1.54, 1.807) is 0 Å².